The zero-order valence-electron chi connectivity index (χ0n) is 19.4. The van der Waals surface area contributed by atoms with Crippen molar-refractivity contribution in [3.63, 3.8) is 0 Å². The summed E-state index contributed by atoms with van der Waals surface area (Å²) in [6.07, 6.45) is -0.883. The van der Waals surface area contributed by atoms with Gasteiger partial charge in [-0.05, 0) is 31.4 Å². The third-order valence-electron chi connectivity index (χ3n) is 6.70. The summed E-state index contributed by atoms with van der Waals surface area (Å²) in [4.78, 5) is 13.3. The average molecular weight is 505 g/mol. The lowest BCUT2D eigenvalue weighted by Crippen LogP contribution is -2.55. The van der Waals surface area contributed by atoms with Crippen LogP contribution in [0.5, 0.6) is 11.6 Å². The van der Waals surface area contributed by atoms with Crippen molar-refractivity contribution in [1.29, 1.82) is 0 Å². The van der Waals surface area contributed by atoms with Crippen molar-refractivity contribution in [2.24, 2.45) is 0 Å². The van der Waals surface area contributed by atoms with Crippen LogP contribution in [0.4, 0.5) is 23.4 Å². The third kappa shape index (κ3) is 4.38. The molecule has 3 aromatic rings. The fraction of sp³-hybridized carbons (Fsp3) is 0.435. The summed E-state index contributed by atoms with van der Waals surface area (Å²) in [5, 5.41) is 22.1. The zero-order valence-corrected chi connectivity index (χ0v) is 19.4. The normalized spacial score (nSPS) is 23.5. The van der Waals surface area contributed by atoms with Crippen molar-refractivity contribution in [3.8, 4) is 34.3 Å². The fourth-order valence-corrected chi connectivity index (χ4v) is 4.80. The Labute approximate surface area is 203 Å². The van der Waals surface area contributed by atoms with Crippen molar-refractivity contribution < 1.29 is 27.4 Å². The first-order valence-corrected chi connectivity index (χ1v) is 11.3. The Bertz CT molecular complexity index is 1260. The molecule has 2 N–H and O–H groups in total. The highest BCUT2D eigenvalue weighted by Gasteiger charge is 2.44. The van der Waals surface area contributed by atoms with Gasteiger partial charge in [0.25, 0.3) is 0 Å². The van der Waals surface area contributed by atoms with Gasteiger partial charge in [-0.1, -0.05) is 6.07 Å². The van der Waals surface area contributed by atoms with Gasteiger partial charge in [-0.15, -0.1) is 10.2 Å². The highest BCUT2D eigenvalue weighted by molar-refractivity contribution is 5.71. The Balaban J connectivity index is 1.36. The molecule has 2 fully saturated rings. The zero-order chi connectivity index (χ0) is 25.6. The molecule has 0 saturated carbocycles. The summed E-state index contributed by atoms with van der Waals surface area (Å²) in [6.45, 7) is 0. The van der Waals surface area contributed by atoms with E-state index < -0.39 is 23.9 Å². The number of anilines is 1. The van der Waals surface area contributed by atoms with Gasteiger partial charge in [0.1, 0.15) is 11.9 Å². The van der Waals surface area contributed by atoms with E-state index in [0.717, 1.165) is 26.1 Å². The topological polar surface area (TPSA) is 109 Å². The Hall–Kier alpha value is -3.61. The Morgan fingerprint density at radius 3 is 2.61 bits per heavy atom. The fourth-order valence-electron chi connectivity index (χ4n) is 4.80. The van der Waals surface area contributed by atoms with Crippen LogP contribution >= 0.6 is 0 Å². The van der Waals surface area contributed by atoms with Crippen LogP contribution in [0.25, 0.3) is 22.6 Å². The summed E-state index contributed by atoms with van der Waals surface area (Å²) in [5.74, 6) is -0.353. The van der Waals surface area contributed by atoms with Crippen LogP contribution in [-0.4, -0.2) is 68.7 Å². The van der Waals surface area contributed by atoms with Crippen LogP contribution < -0.4 is 15.0 Å². The van der Waals surface area contributed by atoms with Gasteiger partial charge in [0.05, 0.1) is 36.8 Å². The Morgan fingerprint density at radius 1 is 1.14 bits per heavy atom. The molecule has 190 valence electrons. The molecule has 4 atom stereocenters. The number of aromatic nitrogens is 5. The lowest BCUT2D eigenvalue weighted by Gasteiger charge is -2.38. The van der Waals surface area contributed by atoms with Gasteiger partial charge in [0.2, 0.25) is 11.6 Å². The number of phenolic OH excluding ortho intramolecular Hbond substituents is 1. The largest absolute Gasteiger partial charge is 0.507 e. The van der Waals surface area contributed by atoms with Crippen molar-refractivity contribution >= 4 is 5.82 Å². The van der Waals surface area contributed by atoms with E-state index in [9.17, 15) is 22.7 Å². The first kappa shape index (κ1) is 24.1. The molecule has 2 aliphatic rings. The summed E-state index contributed by atoms with van der Waals surface area (Å²) in [6, 6.07) is 4.15. The monoisotopic (exact) mass is 505 g/mol. The van der Waals surface area contributed by atoms with Gasteiger partial charge in [0, 0.05) is 24.7 Å². The minimum atomic E-state index is -4.72. The quantitative estimate of drug-likeness (QED) is 0.505. The number of aromatic hydroxyl groups is 1. The first-order valence-electron chi connectivity index (χ1n) is 11.3. The number of methoxy groups -OCH3 is 1. The van der Waals surface area contributed by atoms with Crippen molar-refractivity contribution in [1.82, 2.24) is 30.5 Å². The summed E-state index contributed by atoms with van der Waals surface area (Å²) in [5.41, 5.74) is -0.588. The maximum atomic E-state index is 14.9. The van der Waals surface area contributed by atoms with E-state index in [0.29, 0.717) is 23.8 Å². The van der Waals surface area contributed by atoms with E-state index in [-0.39, 0.29) is 34.9 Å². The second-order valence-corrected chi connectivity index (χ2v) is 8.89. The third-order valence-corrected chi connectivity index (χ3v) is 6.70. The molecule has 36 heavy (non-hydrogen) atoms. The van der Waals surface area contributed by atoms with E-state index in [2.05, 4.69) is 30.5 Å². The molecule has 0 unspecified atom stereocenters. The number of alkyl halides is 4. The van der Waals surface area contributed by atoms with Gasteiger partial charge in [-0.2, -0.15) is 13.2 Å². The Kier molecular flexibility index (Phi) is 6.10. The molecule has 2 bridgehead atoms. The number of rotatable bonds is 5. The van der Waals surface area contributed by atoms with Gasteiger partial charge in [-0.3, -0.25) is 0 Å². The van der Waals surface area contributed by atoms with Crippen molar-refractivity contribution in [2.45, 2.75) is 49.7 Å². The molecule has 4 heterocycles. The van der Waals surface area contributed by atoms with E-state index >= 15 is 0 Å². The molecule has 13 heteroatoms. The molecule has 0 aliphatic carbocycles. The molecule has 2 saturated heterocycles. The lowest BCUT2D eigenvalue weighted by molar-refractivity contribution is -0.142. The van der Waals surface area contributed by atoms with Crippen LogP contribution in [0.1, 0.15) is 25.0 Å². The van der Waals surface area contributed by atoms with E-state index in [1.165, 1.54) is 24.4 Å². The number of ether oxygens (including phenoxy) is 1. The number of fused-ring (bicyclic) bond motifs is 2. The summed E-state index contributed by atoms with van der Waals surface area (Å²) in [7, 11) is 2.83. The second kappa shape index (κ2) is 9.12. The SMILES string of the molecule is COc1nc(-c2ccc(-c3ncc(N(C)[C@@H]4C[C@H]5CC[C@@H](N5)[C@@H]4F)nn3)c(O)c2)cnc1C(F)(F)F. The predicted octanol–water partition coefficient (Wildman–Crippen LogP) is 3.40. The number of phenols is 1. The van der Waals surface area contributed by atoms with Crippen LogP contribution in [0.2, 0.25) is 0 Å². The number of halogens is 4. The molecule has 0 amide bonds. The van der Waals surface area contributed by atoms with E-state index in [1.54, 1.807) is 11.9 Å². The van der Waals surface area contributed by atoms with Gasteiger partial charge in [0.15, 0.2) is 11.6 Å². The number of hydrogen-bond donors (Lipinski definition) is 2. The molecule has 9 nitrogen and oxygen atoms in total. The van der Waals surface area contributed by atoms with Gasteiger partial charge in [-0.25, -0.2) is 19.3 Å². The predicted molar refractivity (Wildman–Crippen MR) is 121 cm³/mol. The van der Waals surface area contributed by atoms with Crippen LogP contribution in [0, 0.1) is 0 Å². The number of benzene rings is 1. The molecule has 5 rings (SSSR count). The number of nitrogens with one attached hydrogen (secondary N) is 1. The lowest BCUT2D eigenvalue weighted by atomic mass is 9.96. The van der Waals surface area contributed by atoms with Crippen LogP contribution in [0.15, 0.2) is 30.6 Å². The highest BCUT2D eigenvalue weighted by atomic mass is 19.4. The Morgan fingerprint density at radius 2 is 1.94 bits per heavy atom. The standard InChI is InChI=1S/C23H23F4N7O2/c1-34(16-8-12-4-6-14(30-12)19(16)24)18-10-29-21(33-32-18)13-5-3-11(7-17(13)35)15-9-28-20(23(25,26)27)22(31-15)36-2/h3,5,7,9-10,12,14,16,19,30,35H,4,6,8H2,1-2H3/t12-,14-,16-,19+/m1/s1. The maximum absolute atomic E-state index is 14.9. The van der Waals surface area contributed by atoms with Crippen molar-refractivity contribution in [2.75, 3.05) is 19.1 Å². The van der Waals surface area contributed by atoms with E-state index in [4.69, 9.17) is 4.74 Å². The molecule has 0 spiro atoms. The maximum Gasteiger partial charge on any atom is 0.438 e. The molecule has 2 aliphatic heterocycles. The first-order chi connectivity index (χ1) is 17.2. The summed E-state index contributed by atoms with van der Waals surface area (Å²) >= 11 is 0. The van der Waals surface area contributed by atoms with Crippen molar-refractivity contribution in [3.05, 3.63) is 36.3 Å². The number of nitrogens with zero attached hydrogens (tertiary/aromatic N) is 6. The molecule has 2 aromatic heterocycles. The van der Waals surface area contributed by atoms with Crippen LogP contribution in [0.3, 0.4) is 0 Å². The molecular formula is C23H23F4N7O2. The highest BCUT2D eigenvalue weighted by Crippen LogP contribution is 2.37. The molecular weight excluding hydrogens is 482 g/mol. The molecule has 1 aromatic carbocycles. The second-order valence-electron chi connectivity index (χ2n) is 8.89. The van der Waals surface area contributed by atoms with Gasteiger partial charge < -0.3 is 20.1 Å². The number of hydrogen-bond acceptors (Lipinski definition) is 9. The average Bonchev–Trinajstić information content (AvgIpc) is 3.28. The van der Waals surface area contributed by atoms with E-state index in [1.807, 2.05) is 0 Å². The number of piperidine rings is 1. The minimum Gasteiger partial charge on any atom is -0.507 e. The smallest absolute Gasteiger partial charge is 0.438 e. The summed E-state index contributed by atoms with van der Waals surface area (Å²) < 4.78 is 58.8. The van der Waals surface area contributed by atoms with Crippen LogP contribution in [-0.2, 0) is 6.18 Å². The minimum absolute atomic E-state index is 0.0782. The molecule has 0 radical (unpaired) electrons. The van der Waals surface area contributed by atoms with Gasteiger partial charge >= 0.3 is 6.18 Å².